The summed E-state index contributed by atoms with van der Waals surface area (Å²) in [5.74, 6) is -3.67. The van der Waals surface area contributed by atoms with Gasteiger partial charge in [0.1, 0.15) is 18.1 Å². The molecule has 172 valence electrons. The minimum atomic E-state index is -1.38. The lowest BCUT2D eigenvalue weighted by Gasteiger charge is -2.25. The van der Waals surface area contributed by atoms with E-state index in [2.05, 4.69) is 16.0 Å². The molecule has 0 aliphatic heterocycles. The van der Waals surface area contributed by atoms with Crippen LogP contribution in [0.3, 0.4) is 0 Å². The summed E-state index contributed by atoms with van der Waals surface area (Å²) in [5.41, 5.74) is 10.7. The fraction of sp³-hybridized carbons (Fsp3) is 0.722. The number of amides is 4. The van der Waals surface area contributed by atoms with Crippen molar-refractivity contribution in [1.29, 1.82) is 0 Å². The molecule has 0 saturated heterocycles. The van der Waals surface area contributed by atoms with Crippen LogP contribution in [0.25, 0.3) is 0 Å². The second kappa shape index (κ2) is 13.8. The first kappa shape index (κ1) is 27.7. The number of thioether (sulfide) groups is 1. The van der Waals surface area contributed by atoms with Crippen LogP contribution < -0.4 is 27.4 Å². The van der Waals surface area contributed by atoms with Gasteiger partial charge in [-0.3, -0.25) is 19.2 Å². The minimum Gasteiger partial charge on any atom is -0.480 e. The van der Waals surface area contributed by atoms with Crippen molar-refractivity contribution < 1.29 is 29.1 Å². The third-order valence-corrected chi connectivity index (χ3v) is 4.66. The number of aliphatic carboxylic acids is 1. The van der Waals surface area contributed by atoms with E-state index in [-0.39, 0.29) is 18.8 Å². The van der Waals surface area contributed by atoms with Crippen molar-refractivity contribution in [2.24, 2.45) is 17.4 Å². The molecule has 0 aliphatic carbocycles. The Morgan fingerprint density at radius 3 is 1.83 bits per heavy atom. The van der Waals surface area contributed by atoms with Crippen LogP contribution in [0.2, 0.25) is 0 Å². The molecule has 0 aliphatic rings. The van der Waals surface area contributed by atoms with Gasteiger partial charge in [0.25, 0.3) is 0 Å². The highest BCUT2D eigenvalue weighted by Gasteiger charge is 2.31. The predicted molar refractivity (Wildman–Crippen MR) is 113 cm³/mol. The largest absolute Gasteiger partial charge is 0.480 e. The highest BCUT2D eigenvalue weighted by molar-refractivity contribution is 7.98. The van der Waals surface area contributed by atoms with Crippen molar-refractivity contribution in [2.75, 3.05) is 12.0 Å². The molecule has 4 unspecified atom stereocenters. The number of hydrogen-bond donors (Lipinski definition) is 6. The molecule has 0 aromatic carbocycles. The van der Waals surface area contributed by atoms with Crippen LogP contribution >= 0.6 is 11.8 Å². The number of nitrogens with two attached hydrogens (primary N) is 2. The van der Waals surface area contributed by atoms with Crippen molar-refractivity contribution in [3.8, 4) is 0 Å². The van der Waals surface area contributed by atoms with Crippen LogP contribution in [-0.4, -0.2) is 70.9 Å². The Morgan fingerprint density at radius 1 is 0.900 bits per heavy atom. The number of nitrogens with one attached hydrogen (secondary N) is 3. The molecule has 0 rings (SSSR count). The molecule has 0 radical (unpaired) electrons. The average Bonchev–Trinajstić information content (AvgIpc) is 2.62. The van der Waals surface area contributed by atoms with Crippen LogP contribution in [0.1, 0.15) is 40.0 Å². The van der Waals surface area contributed by atoms with Gasteiger partial charge in [0.2, 0.25) is 23.6 Å². The highest BCUT2D eigenvalue weighted by atomic mass is 32.2. The van der Waals surface area contributed by atoms with Crippen molar-refractivity contribution in [3.63, 3.8) is 0 Å². The van der Waals surface area contributed by atoms with Crippen molar-refractivity contribution in [1.82, 2.24) is 16.0 Å². The van der Waals surface area contributed by atoms with Gasteiger partial charge in [-0.25, -0.2) is 4.79 Å². The summed E-state index contributed by atoms with van der Waals surface area (Å²) in [6, 6.07) is -4.39. The molecule has 8 N–H and O–H groups in total. The molecule has 4 amide bonds. The molecule has 0 bridgehead atoms. The summed E-state index contributed by atoms with van der Waals surface area (Å²) in [4.78, 5) is 59.9. The van der Waals surface area contributed by atoms with Crippen LogP contribution in [0.4, 0.5) is 0 Å². The summed E-state index contributed by atoms with van der Waals surface area (Å²) < 4.78 is 0. The Balaban J connectivity index is 5.40. The van der Waals surface area contributed by atoms with E-state index in [4.69, 9.17) is 11.5 Å². The number of hydrogen-bond acceptors (Lipinski definition) is 7. The van der Waals surface area contributed by atoms with Gasteiger partial charge in [0.15, 0.2) is 0 Å². The van der Waals surface area contributed by atoms with Gasteiger partial charge < -0.3 is 32.5 Å². The molecular formula is C18H33N5O6S. The first-order valence-electron chi connectivity index (χ1n) is 9.55. The molecule has 0 aromatic rings. The fourth-order valence-corrected chi connectivity index (χ4v) is 2.93. The van der Waals surface area contributed by atoms with Crippen LogP contribution in [0.5, 0.6) is 0 Å². The van der Waals surface area contributed by atoms with Gasteiger partial charge in [-0.15, -0.1) is 0 Å². The number of carboxylic acids is 1. The van der Waals surface area contributed by atoms with E-state index < -0.39 is 60.2 Å². The van der Waals surface area contributed by atoms with E-state index in [1.807, 2.05) is 13.8 Å². The number of rotatable bonds is 14. The second-order valence-corrected chi connectivity index (χ2v) is 8.38. The third-order valence-electron chi connectivity index (χ3n) is 4.02. The quantitative estimate of drug-likeness (QED) is 0.186. The molecule has 11 nitrogen and oxygen atoms in total. The maximum atomic E-state index is 12.7. The second-order valence-electron chi connectivity index (χ2n) is 7.39. The summed E-state index contributed by atoms with van der Waals surface area (Å²) in [6.45, 7) is 5.15. The Labute approximate surface area is 180 Å². The minimum absolute atomic E-state index is 0.0282. The molecule has 0 heterocycles. The van der Waals surface area contributed by atoms with Crippen molar-refractivity contribution in [3.05, 3.63) is 0 Å². The van der Waals surface area contributed by atoms with Gasteiger partial charge in [0, 0.05) is 0 Å². The SMILES string of the molecule is CSCCC(NC(=O)C(CC(N)=O)NC(=O)C(CC(C)C)NC(=O)C(C)N)C(=O)O. The molecule has 0 saturated carbocycles. The van der Waals surface area contributed by atoms with Crippen molar-refractivity contribution >= 4 is 41.4 Å². The lowest BCUT2D eigenvalue weighted by molar-refractivity contribution is -0.142. The van der Waals surface area contributed by atoms with Crippen LogP contribution in [-0.2, 0) is 24.0 Å². The van der Waals surface area contributed by atoms with Gasteiger partial charge in [-0.1, -0.05) is 13.8 Å². The summed E-state index contributed by atoms with van der Waals surface area (Å²) >= 11 is 1.41. The number of primary amides is 1. The number of carboxylic acid groups (broad SMARTS) is 1. The first-order valence-corrected chi connectivity index (χ1v) is 10.9. The molecule has 0 aromatic heterocycles. The molecule has 12 heteroatoms. The van der Waals surface area contributed by atoms with Crippen LogP contribution in [0, 0.1) is 5.92 Å². The van der Waals surface area contributed by atoms with E-state index in [9.17, 15) is 29.1 Å². The number of carbonyl (C=O) groups excluding carboxylic acids is 4. The topological polar surface area (TPSA) is 194 Å². The summed E-state index contributed by atoms with van der Waals surface area (Å²) in [5, 5.41) is 16.5. The lowest BCUT2D eigenvalue weighted by Crippen LogP contribution is -2.57. The molecule has 4 atom stereocenters. The molecule has 0 spiro atoms. The number of carbonyl (C=O) groups is 5. The summed E-state index contributed by atoms with van der Waals surface area (Å²) in [6.07, 6.45) is 1.70. The zero-order chi connectivity index (χ0) is 23.4. The van der Waals surface area contributed by atoms with E-state index in [1.54, 1.807) is 6.26 Å². The highest BCUT2D eigenvalue weighted by Crippen LogP contribution is 2.07. The lowest BCUT2D eigenvalue weighted by atomic mass is 10.0. The zero-order valence-corrected chi connectivity index (χ0v) is 18.6. The molecular weight excluding hydrogens is 414 g/mol. The fourth-order valence-electron chi connectivity index (χ4n) is 2.45. The van der Waals surface area contributed by atoms with E-state index in [0.717, 1.165) is 0 Å². The van der Waals surface area contributed by atoms with E-state index in [0.29, 0.717) is 5.75 Å². The van der Waals surface area contributed by atoms with Crippen LogP contribution in [0.15, 0.2) is 0 Å². The first-order chi connectivity index (χ1) is 13.9. The zero-order valence-electron chi connectivity index (χ0n) is 17.8. The average molecular weight is 448 g/mol. The summed E-state index contributed by atoms with van der Waals surface area (Å²) in [7, 11) is 0. The van der Waals surface area contributed by atoms with E-state index >= 15 is 0 Å². The van der Waals surface area contributed by atoms with E-state index in [1.165, 1.54) is 18.7 Å². The van der Waals surface area contributed by atoms with Crippen molar-refractivity contribution in [2.45, 2.75) is 64.2 Å². The molecule has 30 heavy (non-hydrogen) atoms. The van der Waals surface area contributed by atoms with Gasteiger partial charge in [0.05, 0.1) is 12.5 Å². The molecule has 0 fully saturated rings. The predicted octanol–water partition coefficient (Wildman–Crippen LogP) is -1.45. The maximum absolute atomic E-state index is 12.7. The Kier molecular flexibility index (Phi) is 12.7. The Morgan fingerprint density at radius 2 is 1.40 bits per heavy atom. The monoisotopic (exact) mass is 447 g/mol. The standard InChI is InChI=1S/C18H33N5O6S/c1-9(2)7-12(22-15(25)10(3)19)16(26)23-13(8-14(20)24)17(27)21-11(18(28)29)5-6-30-4/h9-13H,5-8,19H2,1-4H3,(H2,20,24)(H,21,27)(H,22,25)(H,23,26)(H,28,29). The maximum Gasteiger partial charge on any atom is 0.326 e. The Hall–Kier alpha value is -2.34. The van der Waals surface area contributed by atoms with Gasteiger partial charge in [-0.2, -0.15) is 11.8 Å². The van der Waals surface area contributed by atoms with Gasteiger partial charge >= 0.3 is 5.97 Å². The third kappa shape index (κ3) is 11.0. The van der Waals surface area contributed by atoms with Gasteiger partial charge in [-0.05, 0) is 37.7 Å². The smallest absolute Gasteiger partial charge is 0.326 e. The Bertz CT molecular complexity index is 628. The normalized spacial score (nSPS) is 14.9.